The van der Waals surface area contributed by atoms with Crippen LogP contribution in [0.5, 0.6) is 17.2 Å². The van der Waals surface area contributed by atoms with E-state index in [0.717, 1.165) is 12.1 Å². The fraction of sp³-hybridized carbons (Fsp3) is 0.0500. The Labute approximate surface area is 222 Å². The molecule has 0 saturated heterocycles. The van der Waals surface area contributed by atoms with Crippen LogP contribution in [0.2, 0.25) is 0 Å². The molecule has 0 saturated carbocycles. The second-order valence-electron chi connectivity index (χ2n) is 7.25. The lowest BCUT2D eigenvalue weighted by Crippen LogP contribution is -2.43. The molecular weight excluding hydrogens is 564 g/mol. The van der Waals surface area contributed by atoms with Crippen molar-refractivity contribution in [2.75, 3.05) is 7.11 Å². The first-order valence-electron chi connectivity index (χ1n) is 10.3. The van der Waals surface area contributed by atoms with Gasteiger partial charge in [0, 0.05) is 35.1 Å². The van der Waals surface area contributed by atoms with Crippen molar-refractivity contribution in [1.82, 2.24) is 15.0 Å². The molecule has 202 valence electrons. The average molecular weight is 580 g/mol. The molecular formula is C20H15N6O11S2+. The van der Waals surface area contributed by atoms with E-state index in [1.807, 2.05) is 0 Å². The van der Waals surface area contributed by atoms with E-state index < -0.39 is 32.6 Å². The summed E-state index contributed by atoms with van der Waals surface area (Å²) in [6, 6.07) is 12.5. The summed E-state index contributed by atoms with van der Waals surface area (Å²) >= 11 is -5.52. The van der Waals surface area contributed by atoms with Crippen molar-refractivity contribution in [3.63, 3.8) is 0 Å². The molecule has 0 amide bonds. The molecule has 39 heavy (non-hydrogen) atoms. The van der Waals surface area contributed by atoms with Crippen molar-refractivity contribution in [2.45, 2.75) is 0 Å². The minimum absolute atomic E-state index is 0.0263. The van der Waals surface area contributed by atoms with E-state index in [0.29, 0.717) is 0 Å². The summed E-state index contributed by atoms with van der Waals surface area (Å²) in [7, 11) is 1.28. The molecule has 0 aliphatic heterocycles. The van der Waals surface area contributed by atoms with Gasteiger partial charge in [-0.2, -0.15) is 8.42 Å². The molecule has 2 N–H and O–H groups in total. The second-order valence-corrected chi connectivity index (χ2v) is 8.45. The maximum atomic E-state index is 11.4. The lowest BCUT2D eigenvalue weighted by atomic mass is 10.2. The van der Waals surface area contributed by atoms with Gasteiger partial charge >= 0.3 is 28.5 Å². The molecule has 1 aromatic heterocycles. The molecule has 0 fully saturated rings. The quantitative estimate of drug-likeness (QED) is 0.119. The Hall–Kier alpha value is -4.85. The number of non-ortho nitro benzene ring substituents is 2. The van der Waals surface area contributed by atoms with E-state index >= 15 is 0 Å². The summed E-state index contributed by atoms with van der Waals surface area (Å²) in [5.74, 6) is -0.577. The molecule has 19 heteroatoms. The summed E-state index contributed by atoms with van der Waals surface area (Å²) in [6.07, 6.45) is 0. The van der Waals surface area contributed by atoms with E-state index in [-0.39, 0.29) is 51.4 Å². The van der Waals surface area contributed by atoms with E-state index in [2.05, 4.69) is 14.4 Å². The monoisotopic (exact) mass is 579 g/mol. The van der Waals surface area contributed by atoms with Gasteiger partial charge in [0.15, 0.2) is 11.5 Å². The molecule has 2 atom stereocenters. The zero-order chi connectivity index (χ0) is 28.3. The highest BCUT2D eigenvalue weighted by atomic mass is 32.2. The fourth-order valence-electron chi connectivity index (χ4n) is 3.34. The summed E-state index contributed by atoms with van der Waals surface area (Å²) in [4.78, 5) is 23.5. The van der Waals surface area contributed by atoms with Crippen LogP contribution in [-0.4, -0.2) is 49.5 Å². The van der Waals surface area contributed by atoms with E-state index in [1.54, 1.807) is 0 Å². The Morgan fingerprint density at radius 2 is 1.51 bits per heavy atom. The number of benzene rings is 3. The lowest BCUT2D eigenvalue weighted by molar-refractivity contribution is -0.734. The number of aromatic nitrogens is 4. The molecule has 3 aromatic carbocycles. The van der Waals surface area contributed by atoms with E-state index in [4.69, 9.17) is 13.5 Å². The van der Waals surface area contributed by atoms with Crippen molar-refractivity contribution >= 4 is 34.1 Å². The number of rotatable bonds is 10. The number of hydrogen-bond donors (Lipinski definition) is 2. The normalized spacial score (nSPS) is 12.4. The lowest BCUT2D eigenvalue weighted by Gasteiger charge is -2.06. The smallest absolute Gasteiger partial charge is 0.357 e. The maximum Gasteiger partial charge on any atom is 0.357 e. The van der Waals surface area contributed by atoms with Crippen LogP contribution in [0.4, 0.5) is 11.4 Å². The van der Waals surface area contributed by atoms with Crippen LogP contribution in [-0.2, 0) is 22.7 Å². The first-order valence-corrected chi connectivity index (χ1v) is 12.3. The Balaban J connectivity index is 1.94. The van der Waals surface area contributed by atoms with Gasteiger partial charge in [0.2, 0.25) is 5.69 Å². The van der Waals surface area contributed by atoms with Crippen LogP contribution in [0, 0.1) is 20.2 Å². The van der Waals surface area contributed by atoms with Crippen molar-refractivity contribution in [2.24, 2.45) is 0 Å². The first-order chi connectivity index (χ1) is 18.6. The molecule has 4 rings (SSSR count). The van der Waals surface area contributed by atoms with Crippen molar-refractivity contribution in [1.29, 1.82) is 0 Å². The second kappa shape index (κ2) is 11.3. The van der Waals surface area contributed by atoms with Crippen LogP contribution in [0.1, 0.15) is 0 Å². The average Bonchev–Trinajstić information content (AvgIpc) is 3.32. The van der Waals surface area contributed by atoms with E-state index in [1.165, 1.54) is 65.2 Å². The summed E-state index contributed by atoms with van der Waals surface area (Å²) in [5.41, 5.74) is 0.00344. The largest absolute Gasteiger partial charge is 0.492 e. The molecule has 2 unspecified atom stereocenters. The highest BCUT2D eigenvalue weighted by Crippen LogP contribution is 2.33. The molecule has 0 aliphatic rings. The molecule has 0 aliphatic carbocycles. The van der Waals surface area contributed by atoms with Crippen LogP contribution in [0.3, 0.4) is 0 Å². The number of ether oxygens (including phenoxy) is 1. The van der Waals surface area contributed by atoms with Gasteiger partial charge in [0.1, 0.15) is 11.4 Å². The fourth-order valence-corrected chi connectivity index (χ4v) is 3.89. The number of methoxy groups -OCH3 is 1. The van der Waals surface area contributed by atoms with Gasteiger partial charge in [-0.05, 0) is 34.2 Å². The van der Waals surface area contributed by atoms with Crippen LogP contribution < -0.4 is 17.9 Å². The molecule has 4 aromatic rings. The van der Waals surface area contributed by atoms with Gasteiger partial charge in [0.25, 0.3) is 11.4 Å². The standard InChI is InChI=1S/C20H14N6O11S2/c1-35-19-10-14(26(29)30)6-9-17(19)24-22-20(21-23(24)12-2-4-13(5-3-12)25(27)28)16-8-7-15(36-38(31)32)11-18(16)37-39(33)34/h2-11H,1H3,(H-,31,32,33,34)/p+1. The molecule has 0 bridgehead atoms. The third-order valence-corrected chi connectivity index (χ3v) is 5.62. The molecule has 1 heterocycles. The summed E-state index contributed by atoms with van der Waals surface area (Å²) < 4.78 is 55.6. The van der Waals surface area contributed by atoms with Crippen molar-refractivity contribution in [3.8, 4) is 40.0 Å². The Morgan fingerprint density at radius 1 is 0.872 bits per heavy atom. The third kappa shape index (κ3) is 6.01. The zero-order valence-electron chi connectivity index (χ0n) is 19.3. The topological polar surface area (TPSA) is 223 Å². The number of nitrogens with zero attached hydrogens (tertiary/aromatic N) is 6. The van der Waals surface area contributed by atoms with Gasteiger partial charge in [-0.25, -0.2) is 0 Å². The number of tetrazole rings is 1. The van der Waals surface area contributed by atoms with Crippen molar-refractivity contribution in [3.05, 3.63) is 80.9 Å². The Morgan fingerprint density at radius 3 is 2.10 bits per heavy atom. The summed E-state index contributed by atoms with van der Waals surface area (Å²) in [6.45, 7) is 0. The highest BCUT2D eigenvalue weighted by Gasteiger charge is 2.30. The van der Waals surface area contributed by atoms with Gasteiger partial charge in [-0.1, -0.05) is 0 Å². The molecule has 0 spiro atoms. The van der Waals surface area contributed by atoms with Crippen molar-refractivity contribution < 1.29 is 45.3 Å². The molecule has 17 nitrogen and oxygen atoms in total. The highest BCUT2D eigenvalue weighted by molar-refractivity contribution is 7.74. The Kier molecular flexibility index (Phi) is 7.85. The third-order valence-electron chi connectivity index (χ3n) is 4.96. The number of nitro benzene ring substituents is 2. The predicted molar refractivity (Wildman–Crippen MR) is 131 cm³/mol. The minimum Gasteiger partial charge on any atom is -0.492 e. The van der Waals surface area contributed by atoms with Crippen LogP contribution in [0.25, 0.3) is 22.8 Å². The summed E-state index contributed by atoms with van der Waals surface area (Å²) in [5, 5.41) is 31.2. The van der Waals surface area contributed by atoms with Crippen LogP contribution in [0.15, 0.2) is 60.7 Å². The van der Waals surface area contributed by atoms with Gasteiger partial charge < -0.3 is 13.1 Å². The van der Waals surface area contributed by atoms with Gasteiger partial charge in [-0.15, -0.1) is 0 Å². The molecule has 0 radical (unpaired) electrons. The number of nitro groups is 2. The van der Waals surface area contributed by atoms with E-state index in [9.17, 15) is 33.2 Å². The van der Waals surface area contributed by atoms with Gasteiger partial charge in [0.05, 0.1) is 33.7 Å². The SMILES string of the molecule is COc1cc([N+](=O)[O-])ccc1-[n+]1nc(-c2ccc(OS(=O)O)cc2OS(=O)O)nn1-c1ccc([N+](=O)[O-])cc1. The maximum absolute atomic E-state index is 11.4. The number of hydrogen-bond acceptors (Lipinski definition) is 11. The Bertz CT molecular complexity index is 1630. The van der Waals surface area contributed by atoms with Crippen LogP contribution >= 0.6 is 0 Å². The first kappa shape index (κ1) is 27.2. The minimum atomic E-state index is -2.82. The zero-order valence-corrected chi connectivity index (χ0v) is 21.0. The predicted octanol–water partition coefficient (Wildman–Crippen LogP) is 2.07. The van der Waals surface area contributed by atoms with Gasteiger partial charge in [-0.3, -0.25) is 29.3 Å².